The van der Waals surface area contributed by atoms with E-state index in [1.807, 2.05) is 6.92 Å². The number of rotatable bonds is 8. The summed E-state index contributed by atoms with van der Waals surface area (Å²) < 4.78 is 7.50. The molecule has 0 saturated heterocycles. The molecule has 0 unspecified atom stereocenters. The first-order valence-corrected chi connectivity index (χ1v) is 11.2. The number of imidazole rings is 1. The maximum absolute atomic E-state index is 12.6. The van der Waals surface area contributed by atoms with E-state index in [-0.39, 0.29) is 17.6 Å². The monoisotopic (exact) mass is 507 g/mol. The number of alkyl carbamates (subject to hydrolysis) is 1. The van der Waals surface area contributed by atoms with Crippen molar-refractivity contribution in [3.8, 4) is 0 Å². The van der Waals surface area contributed by atoms with E-state index in [2.05, 4.69) is 36.9 Å². The molecule has 0 radical (unpaired) electrons. The molecule has 10 heteroatoms. The zero-order valence-electron chi connectivity index (χ0n) is 19.0. The van der Waals surface area contributed by atoms with Gasteiger partial charge in [0.25, 0.3) is 11.8 Å². The fourth-order valence-corrected chi connectivity index (χ4v) is 3.13. The van der Waals surface area contributed by atoms with Gasteiger partial charge in [-0.3, -0.25) is 9.59 Å². The van der Waals surface area contributed by atoms with Gasteiger partial charge in [-0.2, -0.15) is 0 Å². The highest BCUT2D eigenvalue weighted by atomic mass is 79.9. The zero-order valence-corrected chi connectivity index (χ0v) is 20.6. The first kappa shape index (κ1) is 25.4. The molecule has 3 N–H and O–H groups in total. The van der Waals surface area contributed by atoms with Crippen LogP contribution in [0.5, 0.6) is 0 Å². The number of halogens is 1. The molecular weight excluding hydrogens is 478 g/mol. The highest BCUT2D eigenvalue weighted by Gasteiger charge is 2.17. The van der Waals surface area contributed by atoms with Crippen LogP contribution >= 0.6 is 15.9 Å². The Labute approximate surface area is 196 Å². The second-order valence-corrected chi connectivity index (χ2v) is 8.99. The third-order valence-corrected chi connectivity index (χ3v) is 5.17. The standard InChI is InChI=1S/C22H30BrN5O4/c1-6-14-12-15(27-20(30)18-26-13-17(23)28(18)5)8-9-16(14)19(29)24-10-7-11-25-21(31)32-22(2,3)4/h8-9,12-13H,6-7,10-11H2,1-5H3,(H,24,29)(H,25,31)(H,27,30). The normalized spacial score (nSPS) is 11.1. The van der Waals surface area contributed by atoms with Crippen LogP contribution in [-0.2, 0) is 18.2 Å². The number of amides is 3. The third-order valence-electron chi connectivity index (χ3n) is 4.43. The second kappa shape index (κ2) is 11.1. The Kier molecular flexibility index (Phi) is 8.82. The molecule has 1 aromatic carbocycles. The summed E-state index contributed by atoms with van der Waals surface area (Å²) in [6.07, 6.45) is 2.27. The lowest BCUT2D eigenvalue weighted by Crippen LogP contribution is -2.34. The summed E-state index contributed by atoms with van der Waals surface area (Å²) in [5, 5.41) is 8.33. The van der Waals surface area contributed by atoms with E-state index >= 15 is 0 Å². The smallest absolute Gasteiger partial charge is 0.407 e. The molecular formula is C22H30BrN5O4. The molecule has 32 heavy (non-hydrogen) atoms. The van der Waals surface area contributed by atoms with Gasteiger partial charge in [-0.15, -0.1) is 0 Å². The number of carbonyl (C=O) groups is 3. The number of anilines is 1. The predicted molar refractivity (Wildman–Crippen MR) is 126 cm³/mol. The Bertz CT molecular complexity index is 981. The zero-order chi connectivity index (χ0) is 23.9. The molecule has 3 amide bonds. The maximum Gasteiger partial charge on any atom is 0.407 e. The average molecular weight is 508 g/mol. The van der Waals surface area contributed by atoms with Crippen LogP contribution in [0.15, 0.2) is 29.0 Å². The number of nitrogens with zero attached hydrogens (tertiary/aromatic N) is 2. The first-order valence-electron chi connectivity index (χ1n) is 10.4. The lowest BCUT2D eigenvalue weighted by molar-refractivity contribution is 0.0527. The molecule has 174 valence electrons. The number of ether oxygens (including phenoxy) is 1. The molecule has 1 heterocycles. The van der Waals surface area contributed by atoms with Crippen molar-refractivity contribution in [3.05, 3.63) is 46.0 Å². The van der Waals surface area contributed by atoms with Crippen molar-refractivity contribution in [2.75, 3.05) is 18.4 Å². The SMILES string of the molecule is CCc1cc(NC(=O)c2ncc(Br)n2C)ccc1C(=O)NCCCNC(=O)OC(C)(C)C. The van der Waals surface area contributed by atoms with Gasteiger partial charge >= 0.3 is 6.09 Å². The minimum Gasteiger partial charge on any atom is -0.444 e. The quantitative estimate of drug-likeness (QED) is 0.471. The molecule has 0 aliphatic rings. The molecule has 2 aromatic rings. The maximum atomic E-state index is 12.6. The largest absolute Gasteiger partial charge is 0.444 e. The third kappa shape index (κ3) is 7.37. The fourth-order valence-electron chi connectivity index (χ4n) is 2.86. The molecule has 0 atom stereocenters. The van der Waals surface area contributed by atoms with Crippen molar-refractivity contribution in [1.82, 2.24) is 20.2 Å². The van der Waals surface area contributed by atoms with E-state index in [1.54, 1.807) is 56.8 Å². The molecule has 0 saturated carbocycles. The molecule has 0 fully saturated rings. The summed E-state index contributed by atoms with van der Waals surface area (Å²) in [5.74, 6) is -0.267. The number of hydrogen-bond acceptors (Lipinski definition) is 5. The summed E-state index contributed by atoms with van der Waals surface area (Å²) in [5.41, 5.74) is 1.40. The van der Waals surface area contributed by atoms with E-state index in [0.717, 1.165) is 5.56 Å². The van der Waals surface area contributed by atoms with E-state index in [4.69, 9.17) is 4.74 Å². The number of benzene rings is 1. The van der Waals surface area contributed by atoms with Crippen molar-refractivity contribution < 1.29 is 19.1 Å². The van der Waals surface area contributed by atoms with Crippen LogP contribution in [0.1, 0.15) is 60.7 Å². The van der Waals surface area contributed by atoms with Crippen LogP contribution in [0.3, 0.4) is 0 Å². The van der Waals surface area contributed by atoms with Crippen molar-refractivity contribution in [1.29, 1.82) is 0 Å². The van der Waals surface area contributed by atoms with Gasteiger partial charge in [0, 0.05) is 31.4 Å². The summed E-state index contributed by atoms with van der Waals surface area (Å²) >= 11 is 3.32. The number of aromatic nitrogens is 2. The molecule has 2 rings (SSSR count). The van der Waals surface area contributed by atoms with E-state index in [1.165, 1.54) is 0 Å². The molecule has 9 nitrogen and oxygen atoms in total. The summed E-state index contributed by atoms with van der Waals surface area (Å²) in [7, 11) is 1.74. The van der Waals surface area contributed by atoms with Gasteiger partial charge < -0.3 is 25.3 Å². The summed E-state index contributed by atoms with van der Waals surface area (Å²) in [6.45, 7) is 8.14. The number of carbonyl (C=O) groups excluding carboxylic acids is 3. The highest BCUT2D eigenvalue weighted by molar-refractivity contribution is 9.10. The van der Waals surface area contributed by atoms with Crippen molar-refractivity contribution in [2.24, 2.45) is 7.05 Å². The van der Waals surface area contributed by atoms with Crippen molar-refractivity contribution in [2.45, 2.75) is 46.1 Å². The number of hydrogen-bond donors (Lipinski definition) is 3. The van der Waals surface area contributed by atoms with Crippen molar-refractivity contribution >= 4 is 39.5 Å². The minimum atomic E-state index is -0.547. The highest BCUT2D eigenvalue weighted by Crippen LogP contribution is 2.18. The van der Waals surface area contributed by atoms with Crippen molar-refractivity contribution in [3.63, 3.8) is 0 Å². The molecule has 0 aliphatic heterocycles. The lowest BCUT2D eigenvalue weighted by atomic mass is 10.0. The number of aryl methyl sites for hydroxylation is 1. The molecule has 0 bridgehead atoms. The topological polar surface area (TPSA) is 114 Å². The van der Waals surface area contributed by atoms with Crippen LogP contribution in [-0.4, -0.2) is 46.1 Å². The van der Waals surface area contributed by atoms with Crippen LogP contribution in [0, 0.1) is 0 Å². The summed E-state index contributed by atoms with van der Waals surface area (Å²) in [6, 6.07) is 5.17. The first-order chi connectivity index (χ1) is 15.0. The van der Waals surface area contributed by atoms with Crippen LogP contribution in [0.2, 0.25) is 0 Å². The van der Waals surface area contributed by atoms with Gasteiger partial charge in [-0.25, -0.2) is 9.78 Å². The Morgan fingerprint density at radius 3 is 2.41 bits per heavy atom. The molecule has 1 aromatic heterocycles. The Balaban J connectivity index is 1.89. The van der Waals surface area contributed by atoms with Gasteiger partial charge in [0.15, 0.2) is 5.82 Å². The Morgan fingerprint density at radius 2 is 1.81 bits per heavy atom. The Hall–Kier alpha value is -2.88. The van der Waals surface area contributed by atoms with Crippen LogP contribution in [0.25, 0.3) is 0 Å². The molecule has 0 aliphatic carbocycles. The minimum absolute atomic E-state index is 0.204. The van der Waals surface area contributed by atoms with Gasteiger partial charge in [0.2, 0.25) is 0 Å². The van der Waals surface area contributed by atoms with E-state index < -0.39 is 11.7 Å². The van der Waals surface area contributed by atoms with Crippen LogP contribution in [0.4, 0.5) is 10.5 Å². The molecule has 0 spiro atoms. The van der Waals surface area contributed by atoms with Gasteiger partial charge in [0.1, 0.15) is 10.2 Å². The van der Waals surface area contributed by atoms with E-state index in [0.29, 0.717) is 41.8 Å². The fraction of sp³-hybridized carbons (Fsp3) is 0.455. The van der Waals surface area contributed by atoms with Gasteiger partial charge in [0.05, 0.1) is 6.20 Å². The van der Waals surface area contributed by atoms with E-state index in [9.17, 15) is 14.4 Å². The van der Waals surface area contributed by atoms with Gasteiger partial charge in [-0.05, 0) is 73.3 Å². The lowest BCUT2D eigenvalue weighted by Gasteiger charge is -2.19. The summed E-state index contributed by atoms with van der Waals surface area (Å²) in [4.78, 5) is 40.7. The van der Waals surface area contributed by atoms with Crippen LogP contribution < -0.4 is 16.0 Å². The predicted octanol–water partition coefficient (Wildman–Crippen LogP) is 3.64. The number of nitrogens with one attached hydrogen (secondary N) is 3. The van der Waals surface area contributed by atoms with Gasteiger partial charge in [-0.1, -0.05) is 6.92 Å². The average Bonchev–Trinajstić information content (AvgIpc) is 3.04. The Morgan fingerprint density at radius 1 is 1.12 bits per heavy atom. The second-order valence-electron chi connectivity index (χ2n) is 8.18.